The molecule has 0 saturated heterocycles. The highest BCUT2D eigenvalue weighted by Gasteiger charge is 2.40. The Morgan fingerprint density at radius 3 is 2.05 bits per heavy atom. The standard InChI is InChI=1S/C13H22ClF3O3S2/c1-4-18-11(19-5-2)8-9(22-12(21)20-6-3)7-10(14)13(15,16)17/h9-11H,4-8H2,1-3H3. The van der Waals surface area contributed by atoms with Crippen LogP contribution in [0.1, 0.15) is 33.6 Å². The van der Waals surface area contributed by atoms with Gasteiger partial charge in [0, 0.05) is 24.9 Å². The fourth-order valence-electron chi connectivity index (χ4n) is 1.62. The summed E-state index contributed by atoms with van der Waals surface area (Å²) >= 11 is 11.5. The van der Waals surface area contributed by atoms with Crippen LogP contribution in [0, 0.1) is 0 Å². The van der Waals surface area contributed by atoms with E-state index in [-0.39, 0.29) is 17.2 Å². The molecule has 2 unspecified atom stereocenters. The van der Waals surface area contributed by atoms with E-state index < -0.39 is 23.1 Å². The zero-order valence-electron chi connectivity index (χ0n) is 12.8. The van der Waals surface area contributed by atoms with E-state index in [1.807, 2.05) is 0 Å². The van der Waals surface area contributed by atoms with Gasteiger partial charge < -0.3 is 14.2 Å². The van der Waals surface area contributed by atoms with E-state index in [1.165, 1.54) is 0 Å². The van der Waals surface area contributed by atoms with Crippen molar-refractivity contribution in [2.45, 2.75) is 56.7 Å². The van der Waals surface area contributed by atoms with Crippen molar-refractivity contribution in [3.05, 3.63) is 0 Å². The Morgan fingerprint density at radius 1 is 1.09 bits per heavy atom. The van der Waals surface area contributed by atoms with Crippen LogP contribution in [0.3, 0.4) is 0 Å². The predicted octanol–water partition coefficient (Wildman–Crippen LogP) is 4.76. The Balaban J connectivity index is 4.78. The van der Waals surface area contributed by atoms with Crippen LogP contribution in [0.15, 0.2) is 0 Å². The summed E-state index contributed by atoms with van der Waals surface area (Å²) in [6.07, 6.45) is -5.09. The molecule has 0 aliphatic heterocycles. The van der Waals surface area contributed by atoms with E-state index in [9.17, 15) is 13.2 Å². The molecule has 2 atom stereocenters. The highest BCUT2D eigenvalue weighted by atomic mass is 35.5. The van der Waals surface area contributed by atoms with Gasteiger partial charge in [-0.15, -0.1) is 11.6 Å². The zero-order valence-corrected chi connectivity index (χ0v) is 15.2. The molecule has 0 rings (SSSR count). The monoisotopic (exact) mass is 382 g/mol. The lowest BCUT2D eigenvalue weighted by Crippen LogP contribution is -2.30. The second-order valence-electron chi connectivity index (χ2n) is 4.24. The van der Waals surface area contributed by atoms with Gasteiger partial charge in [0.05, 0.1) is 6.61 Å². The molecular formula is C13H22ClF3O3S2. The molecule has 0 aromatic rings. The number of ether oxygens (including phenoxy) is 3. The smallest absolute Gasteiger partial charge is 0.404 e. The average Bonchev–Trinajstić information content (AvgIpc) is 2.38. The molecule has 0 N–H and O–H groups in total. The number of hydrogen-bond acceptors (Lipinski definition) is 5. The number of hydrogen-bond donors (Lipinski definition) is 0. The number of alkyl halides is 4. The van der Waals surface area contributed by atoms with E-state index >= 15 is 0 Å². The van der Waals surface area contributed by atoms with Crippen molar-refractivity contribution in [2.75, 3.05) is 19.8 Å². The van der Waals surface area contributed by atoms with Gasteiger partial charge in [-0.1, -0.05) is 11.8 Å². The molecule has 22 heavy (non-hydrogen) atoms. The van der Waals surface area contributed by atoms with E-state index in [4.69, 9.17) is 38.0 Å². The van der Waals surface area contributed by atoms with Gasteiger partial charge in [0.1, 0.15) is 5.38 Å². The predicted molar refractivity (Wildman–Crippen MR) is 87.6 cm³/mol. The third-order valence-corrected chi connectivity index (χ3v) is 4.37. The molecule has 0 spiro atoms. The Labute approximate surface area is 144 Å². The largest absolute Gasteiger partial charge is 0.479 e. The second-order valence-corrected chi connectivity index (χ2v) is 6.67. The quantitative estimate of drug-likeness (QED) is 0.308. The van der Waals surface area contributed by atoms with E-state index in [0.29, 0.717) is 19.8 Å². The van der Waals surface area contributed by atoms with Gasteiger partial charge in [0.15, 0.2) is 6.29 Å². The molecule has 0 bridgehead atoms. The van der Waals surface area contributed by atoms with Crippen molar-refractivity contribution in [1.82, 2.24) is 0 Å². The van der Waals surface area contributed by atoms with Crippen molar-refractivity contribution in [2.24, 2.45) is 0 Å². The molecule has 0 aliphatic rings. The van der Waals surface area contributed by atoms with Gasteiger partial charge in [-0.2, -0.15) is 13.2 Å². The molecule has 0 amide bonds. The zero-order chi connectivity index (χ0) is 17.2. The lowest BCUT2D eigenvalue weighted by Gasteiger charge is -2.25. The molecule has 0 fully saturated rings. The van der Waals surface area contributed by atoms with Crippen LogP contribution in [-0.4, -0.2) is 47.3 Å². The van der Waals surface area contributed by atoms with Gasteiger partial charge in [0.2, 0.25) is 4.38 Å². The Kier molecular flexibility index (Phi) is 11.9. The molecule has 0 heterocycles. The first-order chi connectivity index (χ1) is 10.2. The number of halogens is 4. The molecule has 9 heteroatoms. The maximum absolute atomic E-state index is 12.7. The van der Waals surface area contributed by atoms with Gasteiger partial charge in [-0.3, -0.25) is 0 Å². The summed E-state index contributed by atoms with van der Waals surface area (Å²) < 4.78 is 54.1. The molecule has 132 valence electrons. The first kappa shape index (κ1) is 22.2. The Bertz CT molecular complexity index is 313. The summed E-state index contributed by atoms with van der Waals surface area (Å²) in [5.74, 6) is 0. The summed E-state index contributed by atoms with van der Waals surface area (Å²) in [6.45, 7) is 6.51. The molecule has 0 radical (unpaired) electrons. The minimum Gasteiger partial charge on any atom is -0.479 e. The molecule has 0 aromatic heterocycles. The fourth-order valence-corrected chi connectivity index (χ4v) is 3.46. The van der Waals surface area contributed by atoms with Crippen LogP contribution in [-0.2, 0) is 14.2 Å². The van der Waals surface area contributed by atoms with Crippen molar-refractivity contribution < 1.29 is 27.4 Å². The maximum Gasteiger partial charge on any atom is 0.404 e. The SMILES string of the molecule is CCOC(=S)SC(CC(OCC)OCC)CC(Cl)C(F)(F)F. The molecule has 0 aromatic carbocycles. The van der Waals surface area contributed by atoms with E-state index in [0.717, 1.165) is 11.8 Å². The van der Waals surface area contributed by atoms with Crippen LogP contribution in [0.25, 0.3) is 0 Å². The van der Waals surface area contributed by atoms with E-state index in [1.54, 1.807) is 20.8 Å². The lowest BCUT2D eigenvalue weighted by molar-refractivity contribution is -0.144. The highest BCUT2D eigenvalue weighted by molar-refractivity contribution is 8.23. The van der Waals surface area contributed by atoms with Crippen molar-refractivity contribution >= 4 is 40.0 Å². The maximum atomic E-state index is 12.7. The Hall–Kier alpha value is 0.240. The van der Waals surface area contributed by atoms with Gasteiger partial charge >= 0.3 is 6.18 Å². The van der Waals surface area contributed by atoms with Gasteiger partial charge in [0.25, 0.3) is 0 Å². The van der Waals surface area contributed by atoms with Gasteiger partial charge in [-0.25, -0.2) is 0 Å². The average molecular weight is 383 g/mol. The van der Waals surface area contributed by atoms with Crippen molar-refractivity contribution in [3.8, 4) is 0 Å². The number of rotatable bonds is 10. The summed E-state index contributed by atoms with van der Waals surface area (Å²) in [6, 6.07) is 0. The summed E-state index contributed by atoms with van der Waals surface area (Å²) in [5, 5.41) is -2.45. The summed E-state index contributed by atoms with van der Waals surface area (Å²) in [5.41, 5.74) is 0. The van der Waals surface area contributed by atoms with Crippen molar-refractivity contribution in [1.29, 1.82) is 0 Å². The highest BCUT2D eigenvalue weighted by Crippen LogP contribution is 2.34. The van der Waals surface area contributed by atoms with E-state index in [2.05, 4.69) is 0 Å². The third-order valence-electron chi connectivity index (χ3n) is 2.51. The Morgan fingerprint density at radius 2 is 1.64 bits per heavy atom. The third kappa shape index (κ3) is 10.1. The van der Waals surface area contributed by atoms with Crippen LogP contribution in [0.5, 0.6) is 0 Å². The van der Waals surface area contributed by atoms with Crippen LogP contribution < -0.4 is 0 Å². The molecule has 0 saturated carbocycles. The second kappa shape index (κ2) is 11.7. The van der Waals surface area contributed by atoms with Crippen molar-refractivity contribution in [3.63, 3.8) is 0 Å². The normalized spacial score (nSPS) is 14.9. The lowest BCUT2D eigenvalue weighted by atomic mass is 10.1. The molecule has 3 nitrogen and oxygen atoms in total. The van der Waals surface area contributed by atoms with Crippen LogP contribution in [0.4, 0.5) is 13.2 Å². The first-order valence-corrected chi connectivity index (χ1v) is 8.74. The fraction of sp³-hybridized carbons (Fsp3) is 0.923. The number of thioether (sulfide) groups is 1. The summed E-state index contributed by atoms with van der Waals surface area (Å²) in [4.78, 5) is 0. The first-order valence-electron chi connectivity index (χ1n) is 7.01. The molecule has 0 aliphatic carbocycles. The minimum atomic E-state index is -4.46. The summed E-state index contributed by atoms with van der Waals surface area (Å²) in [7, 11) is 0. The molecular weight excluding hydrogens is 361 g/mol. The van der Waals surface area contributed by atoms with Gasteiger partial charge in [-0.05, 0) is 39.4 Å². The minimum absolute atomic E-state index is 0.199. The number of thiocarbonyl (C=S) groups is 1. The van der Waals surface area contributed by atoms with Crippen LogP contribution >= 0.6 is 35.6 Å². The topological polar surface area (TPSA) is 27.7 Å². The van der Waals surface area contributed by atoms with Crippen LogP contribution in [0.2, 0.25) is 0 Å².